The number of benzene rings is 2. The van der Waals surface area contributed by atoms with Crippen LogP contribution in [0.5, 0.6) is 0 Å². The highest BCUT2D eigenvalue weighted by atomic mass is 35.5. The fourth-order valence-corrected chi connectivity index (χ4v) is 3.44. The summed E-state index contributed by atoms with van der Waals surface area (Å²) in [6.07, 6.45) is 3.13. The van der Waals surface area contributed by atoms with Crippen LogP contribution >= 0.6 is 12.4 Å². The van der Waals surface area contributed by atoms with E-state index < -0.39 is 0 Å². The number of hydrogen-bond donors (Lipinski definition) is 3. The molecule has 3 rings (SSSR count). The molecule has 27 heavy (non-hydrogen) atoms. The van der Waals surface area contributed by atoms with Gasteiger partial charge in [-0.25, -0.2) is 0 Å². The first kappa shape index (κ1) is 20.9. The summed E-state index contributed by atoms with van der Waals surface area (Å²) < 4.78 is 0. The SMILES string of the molecule is Cc1ccc(C(=O)NC2CCCC2CN)cc1NC(=O)c1ccccc1.Cl. The number of amides is 2. The Bertz CT molecular complexity index is 795. The van der Waals surface area contributed by atoms with E-state index in [9.17, 15) is 9.59 Å². The maximum atomic E-state index is 12.6. The molecule has 0 bridgehead atoms. The zero-order valence-electron chi connectivity index (χ0n) is 15.4. The first-order valence-electron chi connectivity index (χ1n) is 9.06. The number of carbonyl (C=O) groups excluding carboxylic acids is 2. The van der Waals surface area contributed by atoms with Crippen LogP contribution in [-0.4, -0.2) is 24.4 Å². The van der Waals surface area contributed by atoms with Crippen LogP contribution in [0.4, 0.5) is 5.69 Å². The number of hydrogen-bond acceptors (Lipinski definition) is 3. The molecule has 0 radical (unpaired) electrons. The molecule has 6 heteroatoms. The third-order valence-electron chi connectivity index (χ3n) is 5.06. The van der Waals surface area contributed by atoms with Gasteiger partial charge in [0, 0.05) is 22.9 Å². The first-order chi connectivity index (χ1) is 12.6. The predicted octanol–water partition coefficient (Wildman–Crippen LogP) is 3.53. The van der Waals surface area contributed by atoms with Crippen LogP contribution in [0.15, 0.2) is 48.5 Å². The van der Waals surface area contributed by atoms with Gasteiger partial charge in [0.2, 0.25) is 0 Å². The summed E-state index contributed by atoms with van der Waals surface area (Å²) in [5.41, 5.74) is 8.47. The second-order valence-corrected chi connectivity index (χ2v) is 6.86. The van der Waals surface area contributed by atoms with E-state index in [4.69, 9.17) is 5.73 Å². The van der Waals surface area contributed by atoms with Crippen molar-refractivity contribution >= 4 is 29.9 Å². The van der Waals surface area contributed by atoms with Gasteiger partial charge in [0.05, 0.1) is 0 Å². The average molecular weight is 388 g/mol. The van der Waals surface area contributed by atoms with Crippen LogP contribution in [0.2, 0.25) is 0 Å². The van der Waals surface area contributed by atoms with Crippen molar-refractivity contribution in [3.05, 3.63) is 65.2 Å². The Hall–Kier alpha value is -2.37. The molecule has 2 unspecified atom stereocenters. The summed E-state index contributed by atoms with van der Waals surface area (Å²) in [4.78, 5) is 25.0. The quantitative estimate of drug-likeness (QED) is 0.733. The smallest absolute Gasteiger partial charge is 0.255 e. The molecule has 2 atom stereocenters. The van der Waals surface area contributed by atoms with E-state index in [2.05, 4.69) is 10.6 Å². The highest BCUT2D eigenvalue weighted by Crippen LogP contribution is 2.25. The molecule has 1 aliphatic rings. The second-order valence-electron chi connectivity index (χ2n) is 6.86. The van der Waals surface area contributed by atoms with Crippen molar-refractivity contribution in [1.29, 1.82) is 0 Å². The van der Waals surface area contributed by atoms with E-state index in [0.29, 0.717) is 29.3 Å². The number of rotatable bonds is 5. The summed E-state index contributed by atoms with van der Waals surface area (Å²) in [7, 11) is 0. The van der Waals surface area contributed by atoms with Gasteiger partial charge in [0.1, 0.15) is 0 Å². The lowest BCUT2D eigenvalue weighted by Gasteiger charge is -2.20. The zero-order valence-corrected chi connectivity index (χ0v) is 16.2. The van der Waals surface area contributed by atoms with Gasteiger partial charge in [-0.1, -0.05) is 30.7 Å². The topological polar surface area (TPSA) is 84.2 Å². The number of nitrogens with one attached hydrogen (secondary N) is 2. The van der Waals surface area contributed by atoms with Crippen molar-refractivity contribution in [3.8, 4) is 0 Å². The summed E-state index contributed by atoms with van der Waals surface area (Å²) in [5, 5.41) is 5.99. The molecule has 1 aliphatic carbocycles. The Labute approximate surface area is 166 Å². The van der Waals surface area contributed by atoms with Crippen molar-refractivity contribution in [2.45, 2.75) is 32.2 Å². The van der Waals surface area contributed by atoms with Crippen LogP contribution in [0.25, 0.3) is 0 Å². The van der Waals surface area contributed by atoms with Gasteiger partial charge >= 0.3 is 0 Å². The summed E-state index contributed by atoms with van der Waals surface area (Å²) >= 11 is 0. The fraction of sp³-hybridized carbons (Fsp3) is 0.333. The van der Waals surface area contributed by atoms with E-state index in [-0.39, 0.29) is 30.3 Å². The first-order valence-corrected chi connectivity index (χ1v) is 9.06. The van der Waals surface area contributed by atoms with Crippen LogP contribution < -0.4 is 16.4 Å². The lowest BCUT2D eigenvalue weighted by atomic mass is 10.0. The monoisotopic (exact) mass is 387 g/mol. The molecular weight excluding hydrogens is 362 g/mol. The minimum absolute atomic E-state index is 0. The average Bonchev–Trinajstić information content (AvgIpc) is 3.11. The normalized spacial score (nSPS) is 18.4. The van der Waals surface area contributed by atoms with Gasteiger partial charge < -0.3 is 16.4 Å². The van der Waals surface area contributed by atoms with E-state index in [1.54, 1.807) is 24.3 Å². The van der Waals surface area contributed by atoms with Crippen molar-refractivity contribution in [1.82, 2.24) is 5.32 Å². The van der Waals surface area contributed by atoms with Crippen LogP contribution in [-0.2, 0) is 0 Å². The van der Waals surface area contributed by atoms with Gasteiger partial charge in [-0.05, 0) is 62.1 Å². The molecule has 0 heterocycles. The van der Waals surface area contributed by atoms with Gasteiger partial charge in [-0.15, -0.1) is 12.4 Å². The molecular formula is C21H26ClN3O2. The number of anilines is 1. The van der Waals surface area contributed by atoms with E-state index in [0.717, 1.165) is 24.8 Å². The lowest BCUT2D eigenvalue weighted by molar-refractivity contribution is 0.0927. The molecule has 1 fully saturated rings. The molecule has 0 saturated heterocycles. The fourth-order valence-electron chi connectivity index (χ4n) is 3.44. The summed E-state index contributed by atoms with van der Waals surface area (Å²) in [6, 6.07) is 14.5. The molecule has 144 valence electrons. The Kier molecular flexibility index (Phi) is 7.39. The third-order valence-corrected chi connectivity index (χ3v) is 5.06. The van der Waals surface area contributed by atoms with Gasteiger partial charge in [-0.2, -0.15) is 0 Å². The van der Waals surface area contributed by atoms with Gasteiger partial charge in [0.25, 0.3) is 11.8 Å². The molecule has 0 spiro atoms. The molecule has 1 saturated carbocycles. The van der Waals surface area contributed by atoms with E-state index in [1.807, 2.05) is 31.2 Å². The van der Waals surface area contributed by atoms with Gasteiger partial charge in [0.15, 0.2) is 0 Å². The standard InChI is InChI=1S/C21H25N3O2.ClH/c1-14-10-11-16(21(26)23-18-9-5-8-17(18)13-22)12-19(14)24-20(25)15-6-3-2-4-7-15;/h2-4,6-7,10-12,17-18H,5,8-9,13,22H2,1H3,(H,23,26)(H,24,25);1H. The summed E-state index contributed by atoms with van der Waals surface area (Å²) in [5.74, 6) is 0.0393. The zero-order chi connectivity index (χ0) is 18.5. The Balaban J connectivity index is 0.00000261. The number of aryl methyl sites for hydroxylation is 1. The number of halogens is 1. The Morgan fingerprint density at radius 3 is 2.48 bits per heavy atom. The van der Waals surface area contributed by atoms with E-state index in [1.165, 1.54) is 0 Å². The maximum Gasteiger partial charge on any atom is 0.255 e. The molecule has 4 N–H and O–H groups in total. The van der Waals surface area contributed by atoms with E-state index >= 15 is 0 Å². The highest BCUT2D eigenvalue weighted by molar-refractivity contribution is 6.05. The maximum absolute atomic E-state index is 12.6. The van der Waals surface area contributed by atoms with Crippen molar-refractivity contribution < 1.29 is 9.59 Å². The largest absolute Gasteiger partial charge is 0.349 e. The van der Waals surface area contributed by atoms with Crippen molar-refractivity contribution in [2.75, 3.05) is 11.9 Å². The minimum atomic E-state index is -0.190. The Morgan fingerprint density at radius 2 is 1.78 bits per heavy atom. The molecule has 0 aliphatic heterocycles. The minimum Gasteiger partial charge on any atom is -0.349 e. The molecule has 2 aromatic rings. The second kappa shape index (κ2) is 9.53. The molecule has 2 amide bonds. The van der Waals surface area contributed by atoms with Crippen molar-refractivity contribution in [3.63, 3.8) is 0 Å². The number of nitrogens with two attached hydrogens (primary N) is 1. The summed E-state index contributed by atoms with van der Waals surface area (Å²) in [6.45, 7) is 2.50. The van der Waals surface area contributed by atoms with Crippen molar-refractivity contribution in [2.24, 2.45) is 11.7 Å². The highest BCUT2D eigenvalue weighted by Gasteiger charge is 2.27. The van der Waals surface area contributed by atoms with Gasteiger partial charge in [-0.3, -0.25) is 9.59 Å². The predicted molar refractivity (Wildman–Crippen MR) is 110 cm³/mol. The van der Waals surface area contributed by atoms with Crippen LogP contribution in [0, 0.1) is 12.8 Å². The number of carbonyl (C=O) groups is 2. The molecule has 0 aromatic heterocycles. The van der Waals surface area contributed by atoms with Crippen LogP contribution in [0.3, 0.4) is 0 Å². The lowest BCUT2D eigenvalue weighted by Crippen LogP contribution is -2.39. The Morgan fingerprint density at radius 1 is 1.04 bits per heavy atom. The third kappa shape index (κ3) is 5.08. The molecule has 5 nitrogen and oxygen atoms in total. The molecule has 2 aromatic carbocycles. The van der Waals surface area contributed by atoms with Crippen LogP contribution in [0.1, 0.15) is 45.5 Å².